The number of fused-ring (bicyclic) bond motifs is 3. The predicted molar refractivity (Wildman–Crippen MR) is 63.2 cm³/mol. The van der Waals surface area contributed by atoms with Crippen molar-refractivity contribution in [2.75, 3.05) is 6.61 Å². The molecule has 1 saturated carbocycles. The van der Waals surface area contributed by atoms with Gasteiger partial charge >= 0.3 is 5.97 Å². The van der Waals surface area contributed by atoms with Gasteiger partial charge in [-0.3, -0.25) is 4.79 Å². The van der Waals surface area contributed by atoms with Crippen LogP contribution in [0.2, 0.25) is 0 Å². The average molecular weight is 236 g/mol. The fourth-order valence-electron chi connectivity index (χ4n) is 4.03. The highest BCUT2D eigenvalue weighted by Crippen LogP contribution is 2.54. The average Bonchev–Trinajstić information content (AvgIpc) is 2.58. The monoisotopic (exact) mass is 236 g/mol. The SMILES string of the molecule is CC1CCC2C(C1)C(O)C=C1COC(=O)C12C. The van der Waals surface area contributed by atoms with Crippen molar-refractivity contribution in [3.8, 4) is 0 Å². The van der Waals surface area contributed by atoms with Crippen LogP contribution in [0.1, 0.15) is 33.1 Å². The minimum Gasteiger partial charge on any atom is -0.460 e. The Morgan fingerprint density at radius 3 is 3.00 bits per heavy atom. The van der Waals surface area contributed by atoms with Crippen LogP contribution in [-0.4, -0.2) is 23.8 Å². The van der Waals surface area contributed by atoms with Gasteiger partial charge in [-0.25, -0.2) is 0 Å². The number of cyclic esters (lactones) is 1. The Bertz CT molecular complexity index is 387. The summed E-state index contributed by atoms with van der Waals surface area (Å²) < 4.78 is 5.21. The summed E-state index contributed by atoms with van der Waals surface area (Å²) in [5, 5.41) is 10.2. The van der Waals surface area contributed by atoms with E-state index >= 15 is 0 Å². The quantitative estimate of drug-likeness (QED) is 0.516. The lowest BCUT2D eigenvalue weighted by Gasteiger charge is -2.47. The van der Waals surface area contributed by atoms with Gasteiger partial charge in [0.2, 0.25) is 0 Å². The van der Waals surface area contributed by atoms with Crippen molar-refractivity contribution in [3.05, 3.63) is 11.6 Å². The number of carbonyl (C=O) groups excluding carboxylic acids is 1. The second kappa shape index (κ2) is 3.58. The first-order valence-electron chi connectivity index (χ1n) is 6.60. The van der Waals surface area contributed by atoms with Gasteiger partial charge in [-0.15, -0.1) is 0 Å². The topological polar surface area (TPSA) is 46.5 Å². The van der Waals surface area contributed by atoms with Crippen LogP contribution in [0.25, 0.3) is 0 Å². The van der Waals surface area contributed by atoms with E-state index in [1.807, 2.05) is 13.0 Å². The lowest BCUT2D eigenvalue weighted by Crippen LogP contribution is -2.48. The Hall–Kier alpha value is -0.830. The summed E-state index contributed by atoms with van der Waals surface area (Å²) in [6.07, 6.45) is 4.71. The molecule has 1 saturated heterocycles. The Balaban J connectivity index is 2.02. The van der Waals surface area contributed by atoms with Gasteiger partial charge in [-0.1, -0.05) is 19.4 Å². The lowest BCUT2D eigenvalue weighted by atomic mass is 9.56. The first kappa shape index (κ1) is 11.3. The number of ether oxygens (including phenoxy) is 1. The first-order valence-corrected chi connectivity index (χ1v) is 6.60. The van der Waals surface area contributed by atoms with Crippen LogP contribution in [0.5, 0.6) is 0 Å². The van der Waals surface area contributed by atoms with Crippen molar-refractivity contribution in [2.24, 2.45) is 23.2 Å². The molecule has 1 aliphatic heterocycles. The van der Waals surface area contributed by atoms with Gasteiger partial charge in [-0.05, 0) is 43.1 Å². The van der Waals surface area contributed by atoms with Crippen LogP contribution < -0.4 is 0 Å². The van der Waals surface area contributed by atoms with Crippen LogP contribution in [0.4, 0.5) is 0 Å². The van der Waals surface area contributed by atoms with Crippen LogP contribution in [0.3, 0.4) is 0 Å². The molecule has 17 heavy (non-hydrogen) atoms. The summed E-state index contributed by atoms with van der Waals surface area (Å²) >= 11 is 0. The maximum Gasteiger partial charge on any atom is 0.316 e. The molecule has 0 radical (unpaired) electrons. The highest BCUT2D eigenvalue weighted by molar-refractivity contribution is 5.84. The predicted octanol–water partition coefficient (Wildman–Crippen LogP) is 1.90. The number of esters is 1. The largest absolute Gasteiger partial charge is 0.460 e. The smallest absolute Gasteiger partial charge is 0.316 e. The van der Waals surface area contributed by atoms with Crippen LogP contribution >= 0.6 is 0 Å². The van der Waals surface area contributed by atoms with Crippen molar-refractivity contribution >= 4 is 5.97 Å². The van der Waals surface area contributed by atoms with E-state index in [1.165, 1.54) is 0 Å². The Morgan fingerprint density at radius 2 is 2.24 bits per heavy atom. The molecule has 3 nitrogen and oxygen atoms in total. The zero-order valence-electron chi connectivity index (χ0n) is 10.5. The molecule has 94 valence electrons. The molecule has 3 rings (SSSR count). The maximum absolute atomic E-state index is 12.0. The minimum atomic E-state index is -0.454. The summed E-state index contributed by atoms with van der Waals surface area (Å²) in [5.74, 6) is 1.07. The van der Waals surface area contributed by atoms with Crippen molar-refractivity contribution < 1.29 is 14.6 Å². The third kappa shape index (κ3) is 1.41. The third-order valence-electron chi connectivity index (χ3n) is 5.16. The minimum absolute atomic E-state index is 0.0831. The summed E-state index contributed by atoms with van der Waals surface area (Å²) in [7, 11) is 0. The van der Waals surface area contributed by atoms with Crippen molar-refractivity contribution in [1.82, 2.24) is 0 Å². The van der Waals surface area contributed by atoms with E-state index in [1.54, 1.807) is 0 Å². The molecule has 0 bridgehead atoms. The zero-order valence-corrected chi connectivity index (χ0v) is 10.5. The molecule has 5 atom stereocenters. The number of aliphatic hydroxyl groups excluding tert-OH is 1. The molecule has 1 heterocycles. The van der Waals surface area contributed by atoms with Gasteiger partial charge in [0.05, 0.1) is 11.5 Å². The summed E-state index contributed by atoms with van der Waals surface area (Å²) in [6, 6.07) is 0. The summed E-state index contributed by atoms with van der Waals surface area (Å²) in [6.45, 7) is 4.62. The van der Waals surface area contributed by atoms with Gasteiger partial charge in [0, 0.05) is 0 Å². The normalized spacial score (nSPS) is 49.1. The van der Waals surface area contributed by atoms with Crippen LogP contribution in [0.15, 0.2) is 11.6 Å². The maximum atomic E-state index is 12.0. The lowest BCUT2D eigenvalue weighted by molar-refractivity contribution is -0.150. The van der Waals surface area contributed by atoms with Gasteiger partial charge in [0.25, 0.3) is 0 Å². The Labute approximate surface area is 102 Å². The Morgan fingerprint density at radius 1 is 1.47 bits per heavy atom. The molecule has 3 heteroatoms. The molecule has 1 N–H and O–H groups in total. The van der Waals surface area contributed by atoms with E-state index in [-0.39, 0.29) is 23.9 Å². The molecule has 0 aromatic carbocycles. The molecule has 0 spiro atoms. The fourth-order valence-corrected chi connectivity index (χ4v) is 4.03. The number of rotatable bonds is 0. The van der Waals surface area contributed by atoms with Crippen molar-refractivity contribution in [1.29, 1.82) is 0 Å². The number of hydrogen-bond donors (Lipinski definition) is 1. The highest BCUT2D eigenvalue weighted by atomic mass is 16.5. The molecule has 0 aromatic heterocycles. The third-order valence-corrected chi connectivity index (χ3v) is 5.16. The van der Waals surface area contributed by atoms with E-state index in [0.29, 0.717) is 12.5 Å². The molecule has 5 unspecified atom stereocenters. The molecular formula is C14H20O3. The van der Waals surface area contributed by atoms with E-state index in [0.717, 1.165) is 24.8 Å². The van der Waals surface area contributed by atoms with Crippen LogP contribution in [0, 0.1) is 23.2 Å². The first-order chi connectivity index (χ1) is 8.03. The van der Waals surface area contributed by atoms with Crippen molar-refractivity contribution in [3.63, 3.8) is 0 Å². The van der Waals surface area contributed by atoms with Crippen LogP contribution in [-0.2, 0) is 9.53 Å². The zero-order chi connectivity index (χ0) is 12.2. The van der Waals surface area contributed by atoms with E-state index in [4.69, 9.17) is 4.74 Å². The molecule has 3 aliphatic rings. The van der Waals surface area contributed by atoms with Gasteiger partial charge in [0.15, 0.2) is 0 Å². The second-order valence-corrected chi connectivity index (χ2v) is 6.15. The summed E-state index contributed by atoms with van der Waals surface area (Å²) in [4.78, 5) is 12.0. The van der Waals surface area contributed by atoms with Gasteiger partial charge in [-0.2, -0.15) is 0 Å². The second-order valence-electron chi connectivity index (χ2n) is 6.15. The molecule has 2 aliphatic carbocycles. The van der Waals surface area contributed by atoms with Crippen molar-refractivity contribution in [2.45, 2.75) is 39.2 Å². The molecule has 0 amide bonds. The Kier molecular flexibility index (Phi) is 2.37. The van der Waals surface area contributed by atoms with E-state index < -0.39 is 5.41 Å². The molecule has 0 aromatic rings. The standard InChI is InChI=1S/C14H20O3/c1-8-3-4-11-10(5-8)12(15)6-9-7-17-13(16)14(9,11)2/h6,8,10-12,15H,3-5,7H2,1-2H3. The highest BCUT2D eigenvalue weighted by Gasteiger charge is 2.57. The molecule has 2 fully saturated rings. The summed E-state index contributed by atoms with van der Waals surface area (Å²) in [5.41, 5.74) is 0.551. The van der Waals surface area contributed by atoms with Gasteiger partial charge < -0.3 is 9.84 Å². The number of carbonyl (C=O) groups is 1. The number of hydrogen-bond acceptors (Lipinski definition) is 3. The van der Waals surface area contributed by atoms with E-state index in [9.17, 15) is 9.90 Å². The number of aliphatic hydroxyl groups is 1. The molecular weight excluding hydrogens is 216 g/mol. The fraction of sp³-hybridized carbons (Fsp3) is 0.786. The van der Waals surface area contributed by atoms with Gasteiger partial charge in [0.1, 0.15) is 6.61 Å². The van der Waals surface area contributed by atoms with E-state index in [2.05, 4.69) is 6.92 Å².